The summed E-state index contributed by atoms with van der Waals surface area (Å²) in [6.45, 7) is 9.22. The van der Waals surface area contributed by atoms with E-state index in [1.807, 2.05) is 0 Å². The van der Waals surface area contributed by atoms with Crippen LogP contribution in [-0.2, 0) is 0 Å². The van der Waals surface area contributed by atoms with E-state index in [9.17, 15) is 0 Å². The molecule has 2 fully saturated rings. The normalized spacial score (nSPS) is 26.9. The Kier molecular flexibility index (Phi) is 3.20. The van der Waals surface area contributed by atoms with Gasteiger partial charge < -0.3 is 0 Å². The van der Waals surface area contributed by atoms with Crippen LogP contribution in [0, 0.1) is 0 Å². The minimum Gasteiger partial charge on any atom is -0.253 e. The van der Waals surface area contributed by atoms with Crippen molar-refractivity contribution in [2.24, 2.45) is 0 Å². The van der Waals surface area contributed by atoms with Gasteiger partial charge in [-0.1, -0.05) is 6.58 Å². The van der Waals surface area contributed by atoms with E-state index < -0.39 is 10.4 Å². The molecule has 0 spiro atoms. The summed E-state index contributed by atoms with van der Waals surface area (Å²) in [5.41, 5.74) is 0. The third-order valence-electron chi connectivity index (χ3n) is 3.49. The smallest absolute Gasteiger partial charge is 0.00887 e. The van der Waals surface area contributed by atoms with Crippen molar-refractivity contribution in [3.63, 3.8) is 0 Å². The lowest BCUT2D eigenvalue weighted by molar-refractivity contribution is 0.489. The Hall–Kier alpha value is 0.01000. The summed E-state index contributed by atoms with van der Waals surface area (Å²) in [5, 5.41) is 2.23. The molecule has 0 aromatic heterocycles. The number of rotatable bonds is 3. The second-order valence-corrected chi connectivity index (χ2v) is 7.49. The zero-order chi connectivity index (χ0) is 10.0. The monoisotopic (exact) mass is 214 g/mol. The molecule has 0 saturated carbocycles. The summed E-state index contributed by atoms with van der Waals surface area (Å²) in [6.07, 6.45) is 7.93. The standard InChI is InChI=1S/C11H22N2S/c1-3-14(2,12-8-4-5-9-12)13-10-6-7-11-13/h3H,1,4-11H2,2H3. The van der Waals surface area contributed by atoms with Crippen LogP contribution in [0.15, 0.2) is 12.0 Å². The Bertz CT molecular complexity index is 189. The lowest BCUT2D eigenvalue weighted by Crippen LogP contribution is -2.35. The Morgan fingerprint density at radius 2 is 1.29 bits per heavy atom. The van der Waals surface area contributed by atoms with Crippen LogP contribution in [-0.4, -0.2) is 41.0 Å². The van der Waals surface area contributed by atoms with Gasteiger partial charge in [0.1, 0.15) is 0 Å². The molecule has 0 radical (unpaired) electrons. The van der Waals surface area contributed by atoms with Gasteiger partial charge in [0.15, 0.2) is 0 Å². The highest BCUT2D eigenvalue weighted by atomic mass is 32.3. The Morgan fingerprint density at radius 3 is 1.57 bits per heavy atom. The molecule has 0 amide bonds. The third kappa shape index (κ3) is 1.73. The van der Waals surface area contributed by atoms with Gasteiger partial charge in [-0.05, 0) is 37.3 Å². The Labute approximate surface area is 89.5 Å². The predicted molar refractivity (Wildman–Crippen MR) is 65.3 cm³/mol. The average Bonchev–Trinajstić information content (AvgIpc) is 2.88. The zero-order valence-corrected chi connectivity index (χ0v) is 10.1. The van der Waals surface area contributed by atoms with Crippen molar-refractivity contribution in [2.45, 2.75) is 25.7 Å². The maximum atomic E-state index is 4.08. The molecular formula is C11H22N2S. The van der Waals surface area contributed by atoms with E-state index in [4.69, 9.17) is 0 Å². The first-order valence-electron chi connectivity index (χ1n) is 5.68. The fourth-order valence-electron chi connectivity index (χ4n) is 2.49. The molecule has 0 aromatic rings. The van der Waals surface area contributed by atoms with Crippen molar-refractivity contribution in [2.75, 3.05) is 32.4 Å². The summed E-state index contributed by atoms with van der Waals surface area (Å²) in [6, 6.07) is 0. The first-order valence-corrected chi connectivity index (χ1v) is 7.70. The lowest BCUT2D eigenvalue weighted by Gasteiger charge is -2.48. The Morgan fingerprint density at radius 1 is 0.929 bits per heavy atom. The van der Waals surface area contributed by atoms with Crippen molar-refractivity contribution < 1.29 is 0 Å². The van der Waals surface area contributed by atoms with Crippen molar-refractivity contribution >= 4 is 10.4 Å². The maximum Gasteiger partial charge on any atom is 0.00887 e. The molecule has 0 bridgehead atoms. The average molecular weight is 214 g/mol. The molecule has 0 atom stereocenters. The zero-order valence-electron chi connectivity index (χ0n) is 9.24. The van der Waals surface area contributed by atoms with Gasteiger partial charge in [0, 0.05) is 26.2 Å². The summed E-state index contributed by atoms with van der Waals surface area (Å²) in [7, 11) is -0.803. The number of hydrogen-bond donors (Lipinski definition) is 0. The first-order chi connectivity index (χ1) is 6.77. The largest absolute Gasteiger partial charge is 0.253 e. The van der Waals surface area contributed by atoms with Crippen molar-refractivity contribution in [3.8, 4) is 0 Å². The molecule has 2 heterocycles. The lowest BCUT2D eigenvalue weighted by atomic mass is 10.4. The van der Waals surface area contributed by atoms with Gasteiger partial charge in [-0.25, -0.2) is 0 Å². The molecule has 2 nitrogen and oxygen atoms in total. The van der Waals surface area contributed by atoms with Crippen molar-refractivity contribution in [3.05, 3.63) is 12.0 Å². The molecule has 3 heteroatoms. The molecule has 2 rings (SSSR count). The summed E-state index contributed by atoms with van der Waals surface area (Å²) in [5.74, 6) is 0. The molecule has 0 aromatic carbocycles. The summed E-state index contributed by atoms with van der Waals surface area (Å²) < 4.78 is 5.34. The third-order valence-corrected chi connectivity index (χ3v) is 6.94. The highest BCUT2D eigenvalue weighted by molar-refractivity contribution is 8.31. The van der Waals surface area contributed by atoms with Crippen LogP contribution >= 0.6 is 10.4 Å². The molecule has 82 valence electrons. The van der Waals surface area contributed by atoms with Gasteiger partial charge in [0.2, 0.25) is 0 Å². The highest BCUT2D eigenvalue weighted by Crippen LogP contribution is 2.55. The fraction of sp³-hybridized carbons (Fsp3) is 0.818. The highest BCUT2D eigenvalue weighted by Gasteiger charge is 2.33. The van der Waals surface area contributed by atoms with E-state index in [2.05, 4.69) is 26.9 Å². The molecule has 2 aliphatic rings. The van der Waals surface area contributed by atoms with Crippen LogP contribution in [0.25, 0.3) is 0 Å². The van der Waals surface area contributed by atoms with Crippen molar-refractivity contribution in [1.82, 2.24) is 8.61 Å². The molecule has 14 heavy (non-hydrogen) atoms. The van der Waals surface area contributed by atoms with Gasteiger partial charge in [0.25, 0.3) is 0 Å². The second-order valence-electron chi connectivity index (χ2n) is 4.33. The van der Waals surface area contributed by atoms with E-state index in [0.717, 1.165) is 0 Å². The molecule has 0 N–H and O–H groups in total. The van der Waals surface area contributed by atoms with E-state index in [1.165, 1.54) is 51.9 Å². The Balaban J connectivity index is 2.09. The molecule has 2 saturated heterocycles. The minimum absolute atomic E-state index is 0.803. The van der Waals surface area contributed by atoms with Gasteiger partial charge in [-0.15, -0.1) is 10.4 Å². The number of nitrogens with zero attached hydrogens (tertiary/aromatic N) is 2. The van der Waals surface area contributed by atoms with Crippen molar-refractivity contribution in [1.29, 1.82) is 0 Å². The quantitative estimate of drug-likeness (QED) is 0.712. The summed E-state index contributed by atoms with van der Waals surface area (Å²) >= 11 is 0. The van der Waals surface area contributed by atoms with Crippen LogP contribution in [0.5, 0.6) is 0 Å². The molecule has 0 aliphatic carbocycles. The predicted octanol–water partition coefficient (Wildman–Crippen LogP) is 2.59. The van der Waals surface area contributed by atoms with Gasteiger partial charge >= 0.3 is 0 Å². The topological polar surface area (TPSA) is 6.48 Å². The van der Waals surface area contributed by atoms with E-state index in [1.54, 1.807) is 0 Å². The molecule has 2 aliphatic heterocycles. The fourth-order valence-corrected chi connectivity index (χ4v) is 5.23. The van der Waals surface area contributed by atoms with E-state index >= 15 is 0 Å². The van der Waals surface area contributed by atoms with Gasteiger partial charge in [-0.2, -0.15) is 0 Å². The molecular weight excluding hydrogens is 192 g/mol. The van der Waals surface area contributed by atoms with Gasteiger partial charge in [-0.3, -0.25) is 8.61 Å². The van der Waals surface area contributed by atoms with Crippen LogP contribution < -0.4 is 0 Å². The van der Waals surface area contributed by atoms with Crippen LogP contribution in [0.1, 0.15) is 25.7 Å². The number of hydrogen-bond acceptors (Lipinski definition) is 2. The SMILES string of the molecule is C=CS(C)(N1CCCC1)N1CCCC1. The van der Waals surface area contributed by atoms with Crippen LogP contribution in [0.2, 0.25) is 0 Å². The first kappa shape index (κ1) is 10.5. The minimum atomic E-state index is -0.803. The molecule has 0 unspecified atom stereocenters. The second kappa shape index (κ2) is 4.25. The van der Waals surface area contributed by atoms with Gasteiger partial charge in [0.05, 0.1) is 0 Å². The van der Waals surface area contributed by atoms with E-state index in [0.29, 0.717) is 0 Å². The van der Waals surface area contributed by atoms with Crippen LogP contribution in [0.4, 0.5) is 0 Å². The maximum absolute atomic E-state index is 4.08. The summed E-state index contributed by atoms with van der Waals surface area (Å²) in [4.78, 5) is 0. The van der Waals surface area contributed by atoms with Crippen LogP contribution in [0.3, 0.4) is 0 Å². The van der Waals surface area contributed by atoms with E-state index in [-0.39, 0.29) is 0 Å².